The molecular weight excluding hydrogens is 386 g/mol. The molecule has 0 bridgehead atoms. The summed E-state index contributed by atoms with van der Waals surface area (Å²) in [4.78, 5) is 24.0. The van der Waals surface area contributed by atoms with Crippen molar-refractivity contribution in [1.29, 1.82) is 0 Å². The zero-order chi connectivity index (χ0) is 20.9. The number of nitrogens with one attached hydrogen (secondary N) is 1. The molecular formula is C18H21N3O6S. The molecule has 0 radical (unpaired) electrons. The average molecular weight is 407 g/mol. The van der Waals surface area contributed by atoms with Gasteiger partial charge in [0, 0.05) is 6.07 Å². The van der Waals surface area contributed by atoms with Crippen LogP contribution in [0.2, 0.25) is 0 Å². The minimum absolute atomic E-state index is 0.115. The predicted molar refractivity (Wildman–Crippen MR) is 105 cm³/mol. The smallest absolute Gasteiger partial charge is 0.250 e. The summed E-state index contributed by atoms with van der Waals surface area (Å²) in [6.07, 6.45) is 0.974. The number of para-hydroxylation sites is 1. The van der Waals surface area contributed by atoms with Crippen LogP contribution >= 0.6 is 0 Å². The zero-order valence-corrected chi connectivity index (χ0v) is 16.4. The number of benzene rings is 2. The van der Waals surface area contributed by atoms with Crippen LogP contribution in [0.4, 0.5) is 11.4 Å². The summed E-state index contributed by atoms with van der Waals surface area (Å²) >= 11 is 0. The number of hydrogen-bond donors (Lipinski definition) is 2. The van der Waals surface area contributed by atoms with Gasteiger partial charge in [-0.2, -0.15) is 0 Å². The van der Waals surface area contributed by atoms with E-state index in [4.69, 9.17) is 15.2 Å². The van der Waals surface area contributed by atoms with Crippen molar-refractivity contribution in [3.8, 4) is 11.5 Å². The highest BCUT2D eigenvalue weighted by Crippen LogP contribution is 2.33. The Labute approximate surface area is 163 Å². The molecule has 3 N–H and O–H groups in total. The van der Waals surface area contributed by atoms with Gasteiger partial charge in [-0.15, -0.1) is 0 Å². The lowest BCUT2D eigenvalue weighted by atomic mass is 10.1. The second-order valence-corrected chi connectivity index (χ2v) is 7.67. The van der Waals surface area contributed by atoms with Crippen molar-refractivity contribution in [2.45, 2.75) is 0 Å². The van der Waals surface area contributed by atoms with Gasteiger partial charge in [-0.1, -0.05) is 12.1 Å². The van der Waals surface area contributed by atoms with E-state index in [1.807, 2.05) is 0 Å². The van der Waals surface area contributed by atoms with E-state index < -0.39 is 28.4 Å². The van der Waals surface area contributed by atoms with Gasteiger partial charge >= 0.3 is 0 Å². The fourth-order valence-corrected chi connectivity index (χ4v) is 3.36. The van der Waals surface area contributed by atoms with Crippen LogP contribution in [0.1, 0.15) is 10.4 Å². The molecule has 0 atom stereocenters. The molecule has 0 saturated carbocycles. The minimum atomic E-state index is -3.82. The number of hydrogen-bond acceptors (Lipinski definition) is 6. The normalized spacial score (nSPS) is 10.8. The lowest BCUT2D eigenvalue weighted by molar-refractivity contribution is -0.114. The van der Waals surface area contributed by atoms with Crippen LogP contribution in [0.3, 0.4) is 0 Å². The third-order valence-electron chi connectivity index (χ3n) is 3.81. The van der Waals surface area contributed by atoms with E-state index in [9.17, 15) is 18.0 Å². The van der Waals surface area contributed by atoms with Gasteiger partial charge in [-0.05, 0) is 24.3 Å². The minimum Gasteiger partial charge on any atom is -0.497 e. The first-order valence-corrected chi connectivity index (χ1v) is 9.90. The highest BCUT2D eigenvalue weighted by atomic mass is 32.2. The van der Waals surface area contributed by atoms with Crippen molar-refractivity contribution >= 4 is 33.2 Å². The van der Waals surface area contributed by atoms with Gasteiger partial charge in [0.15, 0.2) is 0 Å². The second kappa shape index (κ2) is 8.61. The summed E-state index contributed by atoms with van der Waals surface area (Å²) in [5.41, 5.74) is 5.77. The third-order valence-corrected chi connectivity index (χ3v) is 4.94. The van der Waals surface area contributed by atoms with Gasteiger partial charge in [-0.3, -0.25) is 13.9 Å². The Balaban J connectivity index is 2.34. The van der Waals surface area contributed by atoms with Gasteiger partial charge < -0.3 is 20.5 Å². The van der Waals surface area contributed by atoms with E-state index in [2.05, 4.69) is 5.32 Å². The number of nitrogens with two attached hydrogens (primary N) is 1. The fourth-order valence-electron chi connectivity index (χ4n) is 2.50. The maximum absolute atomic E-state index is 12.5. The van der Waals surface area contributed by atoms with E-state index >= 15 is 0 Å². The lowest BCUT2D eigenvalue weighted by Crippen LogP contribution is -2.38. The summed E-state index contributed by atoms with van der Waals surface area (Å²) in [6.45, 7) is -0.533. The Morgan fingerprint density at radius 2 is 1.79 bits per heavy atom. The summed E-state index contributed by atoms with van der Waals surface area (Å²) in [5.74, 6) is -0.686. The summed E-state index contributed by atoms with van der Waals surface area (Å²) in [6, 6.07) is 10.7. The van der Waals surface area contributed by atoms with Gasteiger partial charge in [-0.25, -0.2) is 8.42 Å². The van der Waals surface area contributed by atoms with Crippen LogP contribution in [0.25, 0.3) is 0 Å². The van der Waals surface area contributed by atoms with Gasteiger partial charge in [0.1, 0.15) is 18.0 Å². The van der Waals surface area contributed by atoms with Crippen molar-refractivity contribution in [1.82, 2.24) is 0 Å². The molecule has 0 aliphatic heterocycles. The third kappa shape index (κ3) is 4.92. The quantitative estimate of drug-likeness (QED) is 0.677. The first kappa shape index (κ1) is 21.0. The monoisotopic (exact) mass is 407 g/mol. The Hall–Kier alpha value is -3.27. The Kier molecular flexibility index (Phi) is 6.47. The van der Waals surface area contributed by atoms with E-state index in [1.165, 1.54) is 38.5 Å². The molecule has 0 aliphatic carbocycles. The molecule has 0 spiro atoms. The number of methoxy groups -OCH3 is 2. The molecule has 150 valence electrons. The SMILES string of the molecule is COc1ccc(N(CC(=O)Nc2ccccc2C(N)=O)S(C)(=O)=O)c(OC)c1. The second-order valence-electron chi connectivity index (χ2n) is 5.77. The van der Waals surface area contributed by atoms with Crippen LogP contribution in [0.5, 0.6) is 11.5 Å². The van der Waals surface area contributed by atoms with Crippen LogP contribution in [0.15, 0.2) is 42.5 Å². The molecule has 9 nitrogen and oxygen atoms in total. The van der Waals surface area contributed by atoms with E-state index in [0.717, 1.165) is 10.6 Å². The van der Waals surface area contributed by atoms with Crippen molar-refractivity contribution in [2.75, 3.05) is 36.6 Å². The Bertz CT molecular complexity index is 991. The summed E-state index contributed by atoms with van der Waals surface area (Å²) in [5, 5.41) is 2.51. The van der Waals surface area contributed by atoms with Crippen LogP contribution in [0, 0.1) is 0 Å². The molecule has 0 saturated heterocycles. The molecule has 0 fully saturated rings. The summed E-state index contributed by atoms with van der Waals surface area (Å²) < 4.78 is 35.8. The zero-order valence-electron chi connectivity index (χ0n) is 15.6. The van der Waals surface area contributed by atoms with Crippen LogP contribution < -0.4 is 24.8 Å². The molecule has 0 heterocycles. The number of rotatable bonds is 8. The molecule has 0 aromatic heterocycles. The van der Waals surface area contributed by atoms with Gasteiger partial charge in [0.25, 0.3) is 5.91 Å². The topological polar surface area (TPSA) is 128 Å². The molecule has 0 aliphatic rings. The van der Waals surface area contributed by atoms with Crippen molar-refractivity contribution < 1.29 is 27.5 Å². The molecule has 2 amide bonds. The summed E-state index contributed by atoms with van der Waals surface area (Å²) in [7, 11) is -0.982. The molecule has 2 aromatic rings. The fraction of sp³-hybridized carbons (Fsp3) is 0.222. The van der Waals surface area contributed by atoms with Gasteiger partial charge in [0.2, 0.25) is 15.9 Å². The number of ether oxygens (including phenoxy) is 2. The van der Waals surface area contributed by atoms with E-state index in [1.54, 1.807) is 18.2 Å². The molecule has 0 unspecified atom stereocenters. The number of carbonyl (C=O) groups excluding carboxylic acids is 2. The van der Waals surface area contributed by atoms with Crippen molar-refractivity contribution in [2.24, 2.45) is 5.73 Å². The van der Waals surface area contributed by atoms with Crippen molar-refractivity contribution in [3.63, 3.8) is 0 Å². The number of nitrogens with zero attached hydrogens (tertiary/aromatic N) is 1. The Morgan fingerprint density at radius 3 is 2.36 bits per heavy atom. The number of sulfonamides is 1. The number of primary amides is 1. The van der Waals surface area contributed by atoms with E-state index in [0.29, 0.717) is 5.75 Å². The average Bonchev–Trinajstić information content (AvgIpc) is 2.65. The first-order chi connectivity index (χ1) is 13.2. The van der Waals surface area contributed by atoms with Crippen LogP contribution in [-0.4, -0.2) is 47.3 Å². The maximum Gasteiger partial charge on any atom is 0.250 e. The Morgan fingerprint density at radius 1 is 1.11 bits per heavy atom. The lowest BCUT2D eigenvalue weighted by Gasteiger charge is -2.24. The highest BCUT2D eigenvalue weighted by Gasteiger charge is 2.25. The largest absolute Gasteiger partial charge is 0.497 e. The number of amides is 2. The van der Waals surface area contributed by atoms with Crippen LogP contribution in [-0.2, 0) is 14.8 Å². The predicted octanol–water partition coefficient (Wildman–Crippen LogP) is 1.21. The molecule has 2 aromatic carbocycles. The molecule has 2 rings (SSSR count). The standard InChI is InChI=1S/C18H21N3O6S/c1-26-12-8-9-15(16(10-12)27-2)21(28(3,24)25)11-17(22)20-14-7-5-4-6-13(14)18(19)23/h4-10H,11H2,1-3H3,(H2,19,23)(H,20,22). The molecule has 10 heteroatoms. The van der Waals surface area contributed by atoms with E-state index in [-0.39, 0.29) is 22.7 Å². The highest BCUT2D eigenvalue weighted by molar-refractivity contribution is 7.92. The van der Waals surface area contributed by atoms with Crippen molar-refractivity contribution in [3.05, 3.63) is 48.0 Å². The first-order valence-electron chi connectivity index (χ1n) is 8.05. The molecule has 28 heavy (non-hydrogen) atoms. The van der Waals surface area contributed by atoms with Gasteiger partial charge in [0.05, 0.1) is 37.4 Å². The number of carbonyl (C=O) groups is 2. The number of anilines is 2. The maximum atomic E-state index is 12.5.